The standard InChI is InChI=1S/C22H29N3O4S/c1-16-11-12-20(13-17(16)2)25(30(5,28)29)15-21(26)24(18(3)22(27)23-4)14-19-9-7-6-8-10-19/h6-13,18H,14-15H2,1-5H3,(H,23,27)/t18-/m0/s1. The second-order valence-electron chi connectivity index (χ2n) is 7.34. The van der Waals surface area contributed by atoms with Crippen LogP contribution in [-0.4, -0.2) is 51.0 Å². The summed E-state index contributed by atoms with van der Waals surface area (Å²) in [5.41, 5.74) is 3.21. The van der Waals surface area contributed by atoms with Gasteiger partial charge >= 0.3 is 0 Å². The number of nitrogens with one attached hydrogen (secondary N) is 1. The van der Waals surface area contributed by atoms with E-state index in [0.29, 0.717) is 5.69 Å². The normalized spacial score (nSPS) is 12.2. The molecule has 0 fully saturated rings. The van der Waals surface area contributed by atoms with Crippen molar-refractivity contribution < 1.29 is 18.0 Å². The van der Waals surface area contributed by atoms with Crippen LogP contribution in [0.1, 0.15) is 23.6 Å². The van der Waals surface area contributed by atoms with Crippen LogP contribution in [-0.2, 0) is 26.2 Å². The second-order valence-corrected chi connectivity index (χ2v) is 9.24. The van der Waals surface area contributed by atoms with E-state index in [-0.39, 0.29) is 12.5 Å². The van der Waals surface area contributed by atoms with Crippen molar-refractivity contribution in [1.29, 1.82) is 0 Å². The molecule has 1 atom stereocenters. The topological polar surface area (TPSA) is 86.8 Å². The summed E-state index contributed by atoms with van der Waals surface area (Å²) >= 11 is 0. The predicted molar refractivity (Wildman–Crippen MR) is 119 cm³/mol. The number of rotatable bonds is 8. The Morgan fingerprint density at radius 3 is 2.20 bits per heavy atom. The van der Waals surface area contributed by atoms with Gasteiger partial charge in [-0.15, -0.1) is 0 Å². The summed E-state index contributed by atoms with van der Waals surface area (Å²) in [5.74, 6) is -0.782. The van der Waals surface area contributed by atoms with Crippen molar-refractivity contribution in [2.75, 3.05) is 24.2 Å². The highest BCUT2D eigenvalue weighted by molar-refractivity contribution is 7.92. The lowest BCUT2D eigenvalue weighted by atomic mass is 10.1. The highest BCUT2D eigenvalue weighted by Crippen LogP contribution is 2.22. The lowest BCUT2D eigenvalue weighted by Crippen LogP contribution is -2.50. The number of benzene rings is 2. The van der Waals surface area contributed by atoms with Gasteiger partial charge in [0.15, 0.2) is 0 Å². The third-order valence-electron chi connectivity index (χ3n) is 5.07. The summed E-state index contributed by atoms with van der Waals surface area (Å²) in [6.07, 6.45) is 1.07. The van der Waals surface area contributed by atoms with Crippen molar-refractivity contribution in [3.05, 3.63) is 65.2 Å². The first-order valence-corrected chi connectivity index (χ1v) is 11.5. The number of aryl methyl sites for hydroxylation is 2. The summed E-state index contributed by atoms with van der Waals surface area (Å²) < 4.78 is 26.0. The molecule has 0 saturated carbocycles. The molecule has 162 valence electrons. The maximum Gasteiger partial charge on any atom is 0.244 e. The summed E-state index contributed by atoms with van der Waals surface area (Å²) in [6.45, 7) is 5.24. The molecule has 0 heterocycles. The van der Waals surface area contributed by atoms with Crippen LogP contribution in [0.2, 0.25) is 0 Å². The Labute approximate surface area is 178 Å². The highest BCUT2D eigenvalue weighted by atomic mass is 32.2. The van der Waals surface area contributed by atoms with Gasteiger partial charge in [-0.1, -0.05) is 36.4 Å². The highest BCUT2D eigenvalue weighted by Gasteiger charge is 2.29. The van der Waals surface area contributed by atoms with Crippen molar-refractivity contribution in [3.63, 3.8) is 0 Å². The van der Waals surface area contributed by atoms with E-state index in [2.05, 4.69) is 5.32 Å². The number of anilines is 1. The number of hydrogen-bond donors (Lipinski definition) is 1. The molecule has 1 N–H and O–H groups in total. The van der Waals surface area contributed by atoms with Gasteiger partial charge in [-0.3, -0.25) is 13.9 Å². The van der Waals surface area contributed by atoms with Crippen LogP contribution in [0.4, 0.5) is 5.69 Å². The van der Waals surface area contributed by atoms with Crippen LogP contribution < -0.4 is 9.62 Å². The van der Waals surface area contributed by atoms with Crippen LogP contribution in [0.3, 0.4) is 0 Å². The number of carbonyl (C=O) groups excluding carboxylic acids is 2. The Bertz CT molecular complexity index is 1010. The first-order valence-electron chi connectivity index (χ1n) is 9.64. The zero-order valence-electron chi connectivity index (χ0n) is 18.0. The number of likely N-dealkylation sites (N-methyl/N-ethyl adjacent to an activating group) is 1. The molecular formula is C22H29N3O4S. The molecule has 2 aromatic rings. The van der Waals surface area contributed by atoms with E-state index in [0.717, 1.165) is 27.3 Å². The van der Waals surface area contributed by atoms with E-state index >= 15 is 0 Å². The SMILES string of the molecule is CNC(=O)[C@H](C)N(Cc1ccccc1)C(=O)CN(c1ccc(C)c(C)c1)S(C)(=O)=O. The molecule has 0 unspecified atom stereocenters. The lowest BCUT2D eigenvalue weighted by molar-refractivity contribution is -0.139. The molecule has 0 bridgehead atoms. The van der Waals surface area contributed by atoms with Gasteiger partial charge in [0.25, 0.3) is 0 Å². The Morgan fingerprint density at radius 1 is 1.03 bits per heavy atom. The van der Waals surface area contributed by atoms with Crippen molar-refractivity contribution in [2.24, 2.45) is 0 Å². The third kappa shape index (κ3) is 5.82. The minimum Gasteiger partial charge on any atom is -0.357 e. The Hall–Kier alpha value is -2.87. The zero-order valence-corrected chi connectivity index (χ0v) is 18.9. The fraction of sp³-hybridized carbons (Fsp3) is 0.364. The van der Waals surface area contributed by atoms with Crippen LogP contribution >= 0.6 is 0 Å². The van der Waals surface area contributed by atoms with E-state index in [1.807, 2.05) is 50.2 Å². The number of nitrogens with zero attached hydrogens (tertiary/aromatic N) is 2. The van der Waals surface area contributed by atoms with E-state index < -0.39 is 28.5 Å². The van der Waals surface area contributed by atoms with Gasteiger partial charge < -0.3 is 10.2 Å². The molecule has 0 spiro atoms. The van der Waals surface area contributed by atoms with Crippen molar-refractivity contribution in [3.8, 4) is 0 Å². The molecule has 2 amide bonds. The van der Waals surface area contributed by atoms with Crippen LogP contribution in [0, 0.1) is 13.8 Å². The number of hydrogen-bond acceptors (Lipinski definition) is 4. The zero-order chi connectivity index (χ0) is 22.5. The molecule has 0 aromatic heterocycles. The van der Waals surface area contributed by atoms with E-state index in [1.54, 1.807) is 19.1 Å². The first kappa shape index (κ1) is 23.4. The lowest BCUT2D eigenvalue weighted by Gasteiger charge is -2.31. The molecule has 0 radical (unpaired) electrons. The first-order chi connectivity index (χ1) is 14.0. The molecule has 8 heteroatoms. The van der Waals surface area contributed by atoms with Crippen molar-refractivity contribution >= 4 is 27.5 Å². The average Bonchev–Trinajstić information content (AvgIpc) is 2.71. The second kappa shape index (κ2) is 9.75. The van der Waals surface area contributed by atoms with Crippen molar-refractivity contribution in [2.45, 2.75) is 33.4 Å². The van der Waals surface area contributed by atoms with E-state index in [9.17, 15) is 18.0 Å². The van der Waals surface area contributed by atoms with Gasteiger partial charge in [-0.05, 0) is 49.6 Å². The summed E-state index contributed by atoms with van der Waals surface area (Å²) in [4.78, 5) is 26.9. The van der Waals surface area contributed by atoms with Crippen LogP contribution in [0.15, 0.2) is 48.5 Å². The largest absolute Gasteiger partial charge is 0.357 e. The Balaban J connectivity index is 2.38. The van der Waals surface area contributed by atoms with E-state index in [4.69, 9.17) is 0 Å². The molecule has 30 heavy (non-hydrogen) atoms. The Kier molecular flexibility index (Phi) is 7.61. The maximum absolute atomic E-state index is 13.2. The summed E-state index contributed by atoms with van der Waals surface area (Å²) in [5, 5.41) is 2.55. The number of amides is 2. The van der Waals surface area contributed by atoms with Crippen molar-refractivity contribution in [1.82, 2.24) is 10.2 Å². The smallest absolute Gasteiger partial charge is 0.244 e. The molecule has 0 aliphatic heterocycles. The van der Waals surface area contributed by atoms with Gasteiger partial charge in [0.2, 0.25) is 21.8 Å². The number of sulfonamides is 1. The van der Waals surface area contributed by atoms with Gasteiger partial charge in [0.05, 0.1) is 11.9 Å². The molecule has 2 aromatic carbocycles. The molecule has 0 aliphatic rings. The summed E-state index contributed by atoms with van der Waals surface area (Å²) in [6, 6.07) is 13.8. The van der Waals surface area contributed by atoms with E-state index in [1.165, 1.54) is 11.9 Å². The third-order valence-corrected chi connectivity index (χ3v) is 6.21. The van der Waals surface area contributed by atoms with Gasteiger partial charge in [0, 0.05) is 13.6 Å². The molecule has 2 rings (SSSR count). The summed E-state index contributed by atoms with van der Waals surface area (Å²) in [7, 11) is -2.21. The monoisotopic (exact) mass is 431 g/mol. The van der Waals surface area contributed by atoms with Crippen LogP contribution in [0.25, 0.3) is 0 Å². The average molecular weight is 432 g/mol. The minimum atomic E-state index is -3.72. The minimum absolute atomic E-state index is 0.193. The quantitative estimate of drug-likeness (QED) is 0.694. The molecule has 0 saturated heterocycles. The molecule has 0 aliphatic carbocycles. The Morgan fingerprint density at radius 2 is 1.67 bits per heavy atom. The fourth-order valence-corrected chi connectivity index (χ4v) is 3.91. The predicted octanol–water partition coefficient (Wildman–Crippen LogP) is 2.23. The number of carbonyl (C=O) groups is 2. The van der Waals surface area contributed by atoms with Gasteiger partial charge in [-0.2, -0.15) is 0 Å². The maximum atomic E-state index is 13.2. The van der Waals surface area contributed by atoms with Crippen LogP contribution in [0.5, 0.6) is 0 Å². The van der Waals surface area contributed by atoms with Gasteiger partial charge in [0.1, 0.15) is 12.6 Å². The molecular weight excluding hydrogens is 402 g/mol. The molecule has 7 nitrogen and oxygen atoms in total. The fourth-order valence-electron chi connectivity index (χ4n) is 3.07. The van der Waals surface area contributed by atoms with Gasteiger partial charge in [-0.25, -0.2) is 8.42 Å².